The Morgan fingerprint density at radius 2 is 0.905 bits per heavy atom. The van der Waals surface area contributed by atoms with E-state index in [0.717, 1.165) is 12.3 Å². The standard InChI is InChI=1S/C20H41N/c1-20(2)18-16-14-12-10-8-6-4-3-5-7-9-11-13-15-17-19-21/h19-21H,3-18H2,1-2H3. The molecule has 0 atom stereocenters. The fraction of sp³-hybridized carbons (Fsp3) is 0.950. The third-order valence-corrected chi connectivity index (χ3v) is 4.38. The second kappa shape index (κ2) is 17.7. The molecule has 0 unspecified atom stereocenters. The van der Waals surface area contributed by atoms with Crippen LogP contribution in [0.2, 0.25) is 0 Å². The SMILES string of the molecule is CC(C)CCCCCCCCCCCCCCCCC=N. The summed E-state index contributed by atoms with van der Waals surface area (Å²) in [6.45, 7) is 4.66. The quantitative estimate of drug-likeness (QED) is 0.212. The minimum atomic E-state index is 0.890. The van der Waals surface area contributed by atoms with E-state index in [9.17, 15) is 0 Å². The van der Waals surface area contributed by atoms with Gasteiger partial charge in [0.1, 0.15) is 0 Å². The van der Waals surface area contributed by atoms with Crippen LogP contribution in [0.1, 0.15) is 117 Å². The average molecular weight is 296 g/mol. The van der Waals surface area contributed by atoms with Crippen LogP contribution in [0.3, 0.4) is 0 Å². The minimum absolute atomic E-state index is 0.890. The Kier molecular flexibility index (Phi) is 17.4. The van der Waals surface area contributed by atoms with Crippen LogP contribution in [0.15, 0.2) is 0 Å². The monoisotopic (exact) mass is 295 g/mol. The lowest BCUT2D eigenvalue weighted by molar-refractivity contribution is 0.502. The second-order valence-corrected chi connectivity index (χ2v) is 7.13. The van der Waals surface area contributed by atoms with Gasteiger partial charge in [0.2, 0.25) is 0 Å². The van der Waals surface area contributed by atoms with E-state index >= 15 is 0 Å². The van der Waals surface area contributed by atoms with Crippen molar-refractivity contribution in [1.82, 2.24) is 0 Å². The summed E-state index contributed by atoms with van der Waals surface area (Å²) in [5.74, 6) is 0.890. The molecule has 0 aliphatic carbocycles. The smallest absolute Gasteiger partial charge is 0.00477 e. The van der Waals surface area contributed by atoms with Crippen LogP contribution in [0, 0.1) is 11.3 Å². The highest BCUT2D eigenvalue weighted by atomic mass is 14.3. The molecule has 1 N–H and O–H groups in total. The van der Waals surface area contributed by atoms with Crippen molar-refractivity contribution in [3.8, 4) is 0 Å². The van der Waals surface area contributed by atoms with Gasteiger partial charge >= 0.3 is 0 Å². The van der Waals surface area contributed by atoms with Gasteiger partial charge in [-0.05, 0) is 25.0 Å². The summed E-state index contributed by atoms with van der Waals surface area (Å²) in [6.07, 6.45) is 23.8. The molecule has 21 heavy (non-hydrogen) atoms. The first kappa shape index (κ1) is 20.7. The molecule has 1 nitrogen and oxygen atoms in total. The number of hydrogen-bond acceptors (Lipinski definition) is 1. The molecule has 0 fully saturated rings. The summed E-state index contributed by atoms with van der Waals surface area (Å²) in [5, 5.41) is 6.97. The first-order chi connectivity index (χ1) is 10.3. The molecule has 0 bridgehead atoms. The topological polar surface area (TPSA) is 23.9 Å². The normalized spacial score (nSPS) is 11.2. The summed E-state index contributed by atoms with van der Waals surface area (Å²) in [7, 11) is 0. The number of rotatable bonds is 17. The Labute approximate surface area is 134 Å². The van der Waals surface area contributed by atoms with Crippen molar-refractivity contribution in [3.63, 3.8) is 0 Å². The van der Waals surface area contributed by atoms with E-state index in [4.69, 9.17) is 5.41 Å². The molecule has 0 aromatic rings. The van der Waals surface area contributed by atoms with Crippen molar-refractivity contribution < 1.29 is 0 Å². The van der Waals surface area contributed by atoms with Crippen molar-refractivity contribution >= 4 is 6.21 Å². The zero-order valence-electron chi connectivity index (χ0n) is 15.0. The lowest BCUT2D eigenvalue weighted by atomic mass is 10.0. The molecule has 0 heterocycles. The second-order valence-electron chi connectivity index (χ2n) is 7.13. The fourth-order valence-electron chi connectivity index (χ4n) is 2.92. The predicted octanol–water partition coefficient (Wildman–Crippen LogP) is 7.53. The predicted molar refractivity (Wildman–Crippen MR) is 97.5 cm³/mol. The summed E-state index contributed by atoms with van der Waals surface area (Å²) in [6, 6.07) is 0. The third kappa shape index (κ3) is 19.7. The molecule has 0 rings (SSSR count). The van der Waals surface area contributed by atoms with Crippen molar-refractivity contribution in [2.45, 2.75) is 117 Å². The van der Waals surface area contributed by atoms with Gasteiger partial charge in [-0.25, -0.2) is 0 Å². The van der Waals surface area contributed by atoms with Gasteiger partial charge in [-0.2, -0.15) is 0 Å². The number of nitrogens with one attached hydrogen (secondary N) is 1. The van der Waals surface area contributed by atoms with E-state index in [1.807, 2.05) is 0 Å². The maximum Gasteiger partial charge on any atom is -0.00477 e. The molecule has 1 heteroatoms. The van der Waals surface area contributed by atoms with E-state index in [1.165, 1.54) is 96.3 Å². The zero-order valence-corrected chi connectivity index (χ0v) is 15.0. The maximum atomic E-state index is 6.97. The zero-order chi connectivity index (χ0) is 15.6. The van der Waals surface area contributed by atoms with Crippen LogP contribution in [-0.4, -0.2) is 6.21 Å². The number of hydrogen-bond donors (Lipinski definition) is 1. The van der Waals surface area contributed by atoms with Crippen molar-refractivity contribution in [2.75, 3.05) is 0 Å². The number of unbranched alkanes of at least 4 members (excludes halogenated alkanes) is 14. The van der Waals surface area contributed by atoms with Gasteiger partial charge in [0.25, 0.3) is 0 Å². The average Bonchev–Trinajstić information content (AvgIpc) is 2.46. The van der Waals surface area contributed by atoms with E-state index < -0.39 is 0 Å². The van der Waals surface area contributed by atoms with E-state index in [-0.39, 0.29) is 0 Å². The Morgan fingerprint density at radius 3 is 1.24 bits per heavy atom. The lowest BCUT2D eigenvalue weighted by Crippen LogP contribution is -1.87. The molecular weight excluding hydrogens is 254 g/mol. The van der Waals surface area contributed by atoms with Gasteiger partial charge < -0.3 is 5.41 Å². The summed E-state index contributed by atoms with van der Waals surface area (Å²) >= 11 is 0. The minimum Gasteiger partial charge on any atom is -0.313 e. The van der Waals surface area contributed by atoms with Gasteiger partial charge in [-0.15, -0.1) is 0 Å². The first-order valence-corrected chi connectivity index (χ1v) is 9.76. The molecule has 0 aliphatic heterocycles. The van der Waals surface area contributed by atoms with Crippen LogP contribution in [0.25, 0.3) is 0 Å². The fourth-order valence-corrected chi connectivity index (χ4v) is 2.92. The molecule has 0 saturated heterocycles. The highest BCUT2D eigenvalue weighted by molar-refractivity contribution is 5.52. The molecule has 0 spiro atoms. The van der Waals surface area contributed by atoms with E-state index in [1.54, 1.807) is 6.21 Å². The van der Waals surface area contributed by atoms with E-state index in [0.29, 0.717) is 0 Å². The van der Waals surface area contributed by atoms with Crippen LogP contribution < -0.4 is 0 Å². The summed E-state index contributed by atoms with van der Waals surface area (Å²) in [4.78, 5) is 0. The van der Waals surface area contributed by atoms with Gasteiger partial charge in [-0.3, -0.25) is 0 Å². The van der Waals surface area contributed by atoms with Crippen LogP contribution in [0.4, 0.5) is 0 Å². The third-order valence-electron chi connectivity index (χ3n) is 4.38. The first-order valence-electron chi connectivity index (χ1n) is 9.76. The summed E-state index contributed by atoms with van der Waals surface area (Å²) in [5.41, 5.74) is 0. The molecule has 0 aromatic heterocycles. The maximum absolute atomic E-state index is 6.97. The largest absolute Gasteiger partial charge is 0.313 e. The van der Waals surface area contributed by atoms with Crippen molar-refractivity contribution in [1.29, 1.82) is 5.41 Å². The van der Waals surface area contributed by atoms with Crippen molar-refractivity contribution in [2.24, 2.45) is 5.92 Å². The molecule has 0 aliphatic rings. The summed E-state index contributed by atoms with van der Waals surface area (Å²) < 4.78 is 0. The van der Waals surface area contributed by atoms with Gasteiger partial charge in [0, 0.05) is 0 Å². The van der Waals surface area contributed by atoms with E-state index in [2.05, 4.69) is 13.8 Å². The molecule has 0 aromatic carbocycles. The van der Waals surface area contributed by atoms with Crippen LogP contribution in [-0.2, 0) is 0 Å². The molecule has 0 amide bonds. The molecule has 0 radical (unpaired) electrons. The van der Waals surface area contributed by atoms with Crippen LogP contribution in [0.5, 0.6) is 0 Å². The van der Waals surface area contributed by atoms with Crippen molar-refractivity contribution in [3.05, 3.63) is 0 Å². The Bertz CT molecular complexity index is 198. The van der Waals surface area contributed by atoms with Gasteiger partial charge in [0.15, 0.2) is 0 Å². The molecular formula is C20H41N. The Morgan fingerprint density at radius 1 is 0.571 bits per heavy atom. The van der Waals surface area contributed by atoms with Gasteiger partial charge in [-0.1, -0.05) is 104 Å². The molecule has 0 saturated carbocycles. The Hall–Kier alpha value is -0.330. The van der Waals surface area contributed by atoms with Crippen LogP contribution >= 0.6 is 0 Å². The highest BCUT2D eigenvalue weighted by Gasteiger charge is 1.96. The Balaban J connectivity index is 2.95. The molecule has 126 valence electrons. The lowest BCUT2D eigenvalue weighted by Gasteiger charge is -2.05. The van der Waals surface area contributed by atoms with Gasteiger partial charge in [0.05, 0.1) is 0 Å². The highest BCUT2D eigenvalue weighted by Crippen LogP contribution is 2.14.